The zero-order valence-corrected chi connectivity index (χ0v) is 16.4. The fraction of sp³-hybridized carbons (Fsp3) is 0.250. The summed E-state index contributed by atoms with van der Waals surface area (Å²) in [6.07, 6.45) is 0. The molecule has 3 aromatic carbocycles. The maximum atomic E-state index is 6.13. The second-order valence-corrected chi connectivity index (χ2v) is 7.66. The number of benzene rings is 3. The van der Waals surface area contributed by atoms with E-state index in [4.69, 9.17) is 11.6 Å². The number of anilines is 1. The van der Waals surface area contributed by atoms with Crippen LogP contribution in [0.4, 0.5) is 5.69 Å². The van der Waals surface area contributed by atoms with Crippen molar-refractivity contribution >= 4 is 17.3 Å². The van der Waals surface area contributed by atoms with Gasteiger partial charge in [0, 0.05) is 36.9 Å². The Morgan fingerprint density at radius 3 is 2.07 bits per heavy atom. The van der Waals surface area contributed by atoms with E-state index in [2.05, 4.69) is 83.5 Å². The number of hydrogen-bond donors (Lipinski definition) is 0. The molecule has 1 unspecified atom stereocenters. The molecule has 1 saturated heterocycles. The smallest absolute Gasteiger partial charge is 0.0603 e. The fourth-order valence-corrected chi connectivity index (χ4v) is 4.08. The van der Waals surface area contributed by atoms with Crippen LogP contribution in [0.25, 0.3) is 0 Å². The summed E-state index contributed by atoms with van der Waals surface area (Å²) < 4.78 is 0. The van der Waals surface area contributed by atoms with Gasteiger partial charge in [0.1, 0.15) is 0 Å². The Bertz CT molecular complexity index is 868. The Morgan fingerprint density at radius 2 is 1.41 bits per heavy atom. The van der Waals surface area contributed by atoms with Crippen molar-refractivity contribution in [3.05, 3.63) is 101 Å². The molecule has 1 aliphatic heterocycles. The topological polar surface area (TPSA) is 6.48 Å². The lowest BCUT2D eigenvalue weighted by Gasteiger charge is -2.40. The fourth-order valence-electron chi connectivity index (χ4n) is 3.96. The highest BCUT2D eigenvalue weighted by molar-refractivity contribution is 6.30. The molecule has 0 aliphatic carbocycles. The van der Waals surface area contributed by atoms with Crippen LogP contribution >= 0.6 is 11.6 Å². The Morgan fingerprint density at radius 1 is 0.741 bits per heavy atom. The minimum atomic E-state index is 0.267. The molecule has 138 valence electrons. The van der Waals surface area contributed by atoms with Gasteiger partial charge in [0.05, 0.1) is 6.04 Å². The van der Waals surface area contributed by atoms with E-state index in [1.165, 1.54) is 22.4 Å². The Kier molecular flexibility index (Phi) is 5.47. The average Bonchev–Trinajstić information content (AvgIpc) is 2.71. The number of piperazine rings is 1. The number of rotatable bonds is 4. The zero-order chi connectivity index (χ0) is 18.6. The van der Waals surface area contributed by atoms with Crippen molar-refractivity contribution in [2.75, 3.05) is 31.1 Å². The van der Waals surface area contributed by atoms with Gasteiger partial charge in [0.15, 0.2) is 0 Å². The number of hydrogen-bond acceptors (Lipinski definition) is 2. The molecule has 0 spiro atoms. The van der Waals surface area contributed by atoms with E-state index < -0.39 is 0 Å². The number of halogens is 1. The van der Waals surface area contributed by atoms with Gasteiger partial charge >= 0.3 is 0 Å². The molecule has 0 radical (unpaired) electrons. The molecule has 0 saturated carbocycles. The molecule has 3 aromatic rings. The second kappa shape index (κ2) is 8.16. The molecular weight excluding hydrogens is 352 g/mol. The van der Waals surface area contributed by atoms with Gasteiger partial charge in [-0.3, -0.25) is 4.90 Å². The molecule has 0 bridgehead atoms. The third-order valence-electron chi connectivity index (χ3n) is 5.35. The predicted octanol–water partition coefficient (Wildman–Crippen LogP) is 5.56. The third-order valence-corrected chi connectivity index (χ3v) is 5.60. The molecule has 0 aromatic heterocycles. The molecule has 0 amide bonds. The van der Waals surface area contributed by atoms with Crippen LogP contribution in [0.3, 0.4) is 0 Å². The summed E-state index contributed by atoms with van der Waals surface area (Å²) >= 11 is 6.13. The second-order valence-electron chi connectivity index (χ2n) is 7.23. The van der Waals surface area contributed by atoms with Crippen molar-refractivity contribution in [2.24, 2.45) is 0 Å². The van der Waals surface area contributed by atoms with Gasteiger partial charge in [0.25, 0.3) is 0 Å². The van der Waals surface area contributed by atoms with E-state index in [1.54, 1.807) is 0 Å². The molecule has 4 rings (SSSR count). The van der Waals surface area contributed by atoms with E-state index in [1.807, 2.05) is 12.1 Å². The van der Waals surface area contributed by atoms with E-state index in [0.717, 1.165) is 31.2 Å². The third kappa shape index (κ3) is 4.18. The highest BCUT2D eigenvalue weighted by Crippen LogP contribution is 2.31. The van der Waals surface area contributed by atoms with Gasteiger partial charge < -0.3 is 4.90 Å². The summed E-state index contributed by atoms with van der Waals surface area (Å²) in [6, 6.07) is 28.2. The molecule has 3 heteroatoms. The van der Waals surface area contributed by atoms with Crippen LogP contribution in [-0.4, -0.2) is 31.1 Å². The van der Waals surface area contributed by atoms with Crippen LogP contribution in [-0.2, 0) is 0 Å². The molecule has 0 N–H and O–H groups in total. The SMILES string of the molecule is Cc1cccc(N2CCN(C(c3ccccc3)c3ccc(Cl)cc3)CC2)c1. The minimum Gasteiger partial charge on any atom is -0.369 e. The molecule has 1 heterocycles. The largest absolute Gasteiger partial charge is 0.369 e. The standard InChI is InChI=1S/C24H25ClN2/c1-19-6-5-9-23(18-19)26-14-16-27(17-15-26)24(20-7-3-2-4-8-20)21-10-12-22(25)13-11-21/h2-13,18,24H,14-17H2,1H3. The van der Waals surface area contributed by atoms with Crippen molar-refractivity contribution in [3.63, 3.8) is 0 Å². The molecular formula is C24H25ClN2. The minimum absolute atomic E-state index is 0.267. The van der Waals surface area contributed by atoms with Crippen LogP contribution < -0.4 is 4.90 Å². The highest BCUT2D eigenvalue weighted by Gasteiger charge is 2.26. The normalized spacial score (nSPS) is 16.3. The quantitative estimate of drug-likeness (QED) is 0.588. The van der Waals surface area contributed by atoms with Gasteiger partial charge in [-0.15, -0.1) is 0 Å². The maximum Gasteiger partial charge on any atom is 0.0603 e. The zero-order valence-electron chi connectivity index (χ0n) is 15.7. The van der Waals surface area contributed by atoms with Crippen LogP contribution in [0, 0.1) is 6.92 Å². The van der Waals surface area contributed by atoms with E-state index in [9.17, 15) is 0 Å². The van der Waals surface area contributed by atoms with Crippen LogP contribution in [0.5, 0.6) is 0 Å². The first-order valence-electron chi connectivity index (χ1n) is 9.57. The molecule has 1 fully saturated rings. The maximum absolute atomic E-state index is 6.13. The summed E-state index contributed by atoms with van der Waals surface area (Å²) in [4.78, 5) is 5.08. The van der Waals surface area contributed by atoms with Crippen molar-refractivity contribution in [1.29, 1.82) is 0 Å². The van der Waals surface area contributed by atoms with E-state index in [-0.39, 0.29) is 6.04 Å². The summed E-state index contributed by atoms with van der Waals surface area (Å²) in [5.74, 6) is 0. The van der Waals surface area contributed by atoms with Gasteiger partial charge in [-0.1, -0.05) is 66.2 Å². The van der Waals surface area contributed by atoms with Crippen molar-refractivity contribution in [3.8, 4) is 0 Å². The van der Waals surface area contributed by atoms with E-state index in [0.29, 0.717) is 0 Å². The Balaban J connectivity index is 1.56. The molecule has 27 heavy (non-hydrogen) atoms. The van der Waals surface area contributed by atoms with Gasteiger partial charge in [-0.2, -0.15) is 0 Å². The number of aryl methyl sites for hydroxylation is 1. The average molecular weight is 377 g/mol. The first kappa shape index (κ1) is 18.1. The van der Waals surface area contributed by atoms with Gasteiger partial charge in [0.2, 0.25) is 0 Å². The Labute approximate surface area is 167 Å². The summed E-state index contributed by atoms with van der Waals surface area (Å²) in [5.41, 5.74) is 5.29. The first-order valence-corrected chi connectivity index (χ1v) is 9.94. The highest BCUT2D eigenvalue weighted by atomic mass is 35.5. The number of nitrogens with zero attached hydrogens (tertiary/aromatic N) is 2. The first-order chi connectivity index (χ1) is 13.2. The monoisotopic (exact) mass is 376 g/mol. The predicted molar refractivity (Wildman–Crippen MR) is 115 cm³/mol. The van der Waals surface area contributed by atoms with Gasteiger partial charge in [-0.25, -0.2) is 0 Å². The summed E-state index contributed by atoms with van der Waals surface area (Å²) in [6.45, 7) is 6.32. The lowest BCUT2D eigenvalue weighted by molar-refractivity contribution is 0.212. The lowest BCUT2D eigenvalue weighted by atomic mass is 9.96. The molecule has 1 atom stereocenters. The summed E-state index contributed by atoms with van der Waals surface area (Å²) in [7, 11) is 0. The van der Waals surface area contributed by atoms with Crippen molar-refractivity contribution in [1.82, 2.24) is 4.90 Å². The Hall–Kier alpha value is -2.29. The van der Waals surface area contributed by atoms with Crippen LogP contribution in [0.2, 0.25) is 5.02 Å². The lowest BCUT2D eigenvalue weighted by Crippen LogP contribution is -2.48. The summed E-state index contributed by atoms with van der Waals surface area (Å²) in [5, 5.41) is 0.787. The van der Waals surface area contributed by atoms with Gasteiger partial charge in [-0.05, 0) is 47.9 Å². The molecule has 1 aliphatic rings. The van der Waals surface area contributed by atoms with E-state index >= 15 is 0 Å². The molecule has 2 nitrogen and oxygen atoms in total. The van der Waals surface area contributed by atoms with Crippen LogP contribution in [0.1, 0.15) is 22.7 Å². The van der Waals surface area contributed by atoms with Crippen LogP contribution in [0.15, 0.2) is 78.9 Å². The van der Waals surface area contributed by atoms with Crippen molar-refractivity contribution in [2.45, 2.75) is 13.0 Å². The van der Waals surface area contributed by atoms with Crippen molar-refractivity contribution < 1.29 is 0 Å².